The van der Waals surface area contributed by atoms with Crippen molar-refractivity contribution in [3.05, 3.63) is 0 Å². The summed E-state index contributed by atoms with van der Waals surface area (Å²) in [6.45, 7) is 6.94. The Labute approximate surface area is 108 Å². The Kier molecular flexibility index (Phi) is 4.15. The molecule has 1 aliphatic heterocycles. The zero-order valence-electron chi connectivity index (χ0n) is 11.1. The van der Waals surface area contributed by atoms with Gasteiger partial charge in [-0.25, -0.2) is 0 Å². The Bertz CT molecular complexity index is 330. The summed E-state index contributed by atoms with van der Waals surface area (Å²) in [5.74, 6) is -0.00650. The molecule has 0 radical (unpaired) electrons. The monoisotopic (exact) mass is 258 g/mol. The van der Waals surface area contributed by atoms with Crippen LogP contribution < -0.4 is 5.73 Å². The summed E-state index contributed by atoms with van der Waals surface area (Å²) in [7, 11) is 1.69. The van der Waals surface area contributed by atoms with Gasteiger partial charge in [-0.15, -0.1) is 0 Å². The molecule has 0 aromatic rings. The molecule has 4 nitrogen and oxygen atoms in total. The smallest absolute Gasteiger partial charge is 0.235 e. The van der Waals surface area contributed by atoms with Gasteiger partial charge < -0.3 is 15.4 Å². The number of carbonyl (C=O) groups excluding carboxylic acids is 1. The van der Waals surface area contributed by atoms with Crippen LogP contribution in [0.3, 0.4) is 0 Å². The Morgan fingerprint density at radius 3 is 2.59 bits per heavy atom. The summed E-state index contributed by atoms with van der Waals surface area (Å²) in [6, 6.07) is 0. The standard InChI is InChI=1S/C12H22N2O2S/c1-11(2,9(13)17)10(15)14-7-5-6-12(3,8-14)16-4/h5-8H2,1-4H3,(H2,13,17). The van der Waals surface area contributed by atoms with Gasteiger partial charge in [0.15, 0.2) is 0 Å². The first-order valence-corrected chi connectivity index (χ1v) is 6.28. The predicted molar refractivity (Wildman–Crippen MR) is 71.8 cm³/mol. The molecule has 0 aromatic heterocycles. The van der Waals surface area contributed by atoms with E-state index in [1.807, 2.05) is 11.8 Å². The molecule has 0 saturated carbocycles. The minimum absolute atomic E-state index is 0.00650. The van der Waals surface area contributed by atoms with Crippen molar-refractivity contribution in [2.24, 2.45) is 11.1 Å². The Hall–Kier alpha value is -0.680. The highest BCUT2D eigenvalue weighted by atomic mass is 32.1. The number of ether oxygens (including phenoxy) is 1. The average molecular weight is 258 g/mol. The van der Waals surface area contributed by atoms with Crippen molar-refractivity contribution >= 4 is 23.1 Å². The molecular formula is C12H22N2O2S. The number of amides is 1. The van der Waals surface area contributed by atoms with Crippen LogP contribution in [-0.2, 0) is 9.53 Å². The van der Waals surface area contributed by atoms with Crippen molar-refractivity contribution in [2.45, 2.75) is 39.2 Å². The van der Waals surface area contributed by atoms with Gasteiger partial charge >= 0.3 is 0 Å². The summed E-state index contributed by atoms with van der Waals surface area (Å²) in [4.78, 5) is 14.4. The van der Waals surface area contributed by atoms with E-state index in [4.69, 9.17) is 22.7 Å². The first kappa shape index (κ1) is 14.4. The molecule has 0 spiro atoms. The second-order valence-corrected chi connectivity index (χ2v) is 5.91. The third-order valence-electron chi connectivity index (χ3n) is 3.59. The molecule has 1 heterocycles. The Balaban J connectivity index is 2.80. The molecule has 5 heteroatoms. The minimum atomic E-state index is -0.776. The van der Waals surface area contributed by atoms with Crippen LogP contribution in [0.2, 0.25) is 0 Å². The predicted octanol–water partition coefficient (Wildman–Crippen LogP) is 1.33. The third-order valence-corrected chi connectivity index (χ3v) is 4.10. The first-order valence-electron chi connectivity index (χ1n) is 5.87. The lowest BCUT2D eigenvalue weighted by molar-refractivity contribution is -0.144. The number of hydrogen-bond acceptors (Lipinski definition) is 3. The van der Waals surface area contributed by atoms with Crippen LogP contribution in [0.5, 0.6) is 0 Å². The van der Waals surface area contributed by atoms with Crippen LogP contribution in [0, 0.1) is 5.41 Å². The van der Waals surface area contributed by atoms with E-state index in [2.05, 4.69) is 0 Å². The molecule has 98 valence electrons. The van der Waals surface area contributed by atoms with Gasteiger partial charge in [-0.05, 0) is 33.6 Å². The lowest BCUT2D eigenvalue weighted by atomic mass is 9.88. The number of nitrogens with two attached hydrogens (primary N) is 1. The van der Waals surface area contributed by atoms with Crippen LogP contribution >= 0.6 is 12.2 Å². The SMILES string of the molecule is COC1(C)CCCN(C(=O)C(C)(C)C(N)=S)C1. The van der Waals surface area contributed by atoms with E-state index in [9.17, 15) is 4.79 Å². The largest absolute Gasteiger partial charge is 0.392 e. The number of piperidine rings is 1. The van der Waals surface area contributed by atoms with Crippen LogP contribution in [-0.4, -0.2) is 41.6 Å². The van der Waals surface area contributed by atoms with Crippen molar-refractivity contribution < 1.29 is 9.53 Å². The van der Waals surface area contributed by atoms with Crippen LogP contribution in [0.15, 0.2) is 0 Å². The lowest BCUT2D eigenvalue weighted by Gasteiger charge is -2.42. The van der Waals surface area contributed by atoms with Gasteiger partial charge in [0.25, 0.3) is 0 Å². The van der Waals surface area contributed by atoms with Gasteiger partial charge in [-0.2, -0.15) is 0 Å². The van der Waals surface area contributed by atoms with Gasteiger partial charge in [0.05, 0.1) is 16.0 Å². The van der Waals surface area contributed by atoms with Crippen molar-refractivity contribution in [1.29, 1.82) is 0 Å². The fourth-order valence-corrected chi connectivity index (χ4v) is 2.13. The van der Waals surface area contributed by atoms with E-state index in [0.717, 1.165) is 19.4 Å². The molecule has 17 heavy (non-hydrogen) atoms. The molecule has 2 N–H and O–H groups in total. The molecule has 1 rings (SSSR count). The van der Waals surface area contributed by atoms with Gasteiger partial charge in [-0.1, -0.05) is 12.2 Å². The number of hydrogen-bond donors (Lipinski definition) is 1. The summed E-state index contributed by atoms with van der Waals surface area (Å²) in [6.07, 6.45) is 1.92. The molecule has 1 atom stereocenters. The molecule has 1 saturated heterocycles. The molecule has 0 aromatic carbocycles. The second kappa shape index (κ2) is 4.90. The summed E-state index contributed by atoms with van der Waals surface area (Å²) < 4.78 is 5.47. The van der Waals surface area contributed by atoms with Crippen molar-refractivity contribution in [3.8, 4) is 0 Å². The fourth-order valence-electron chi connectivity index (χ4n) is 2.05. The van der Waals surface area contributed by atoms with E-state index in [1.165, 1.54) is 0 Å². The van der Waals surface area contributed by atoms with Crippen molar-refractivity contribution in [3.63, 3.8) is 0 Å². The minimum Gasteiger partial charge on any atom is -0.392 e. The maximum Gasteiger partial charge on any atom is 0.235 e. The maximum absolute atomic E-state index is 12.4. The maximum atomic E-state index is 12.4. The Morgan fingerprint density at radius 1 is 1.53 bits per heavy atom. The highest BCUT2D eigenvalue weighted by molar-refractivity contribution is 7.80. The van der Waals surface area contributed by atoms with E-state index >= 15 is 0 Å². The number of thiocarbonyl (C=S) groups is 1. The third kappa shape index (κ3) is 2.96. The number of nitrogens with zero attached hydrogens (tertiary/aromatic N) is 1. The number of methoxy groups -OCH3 is 1. The molecule has 0 bridgehead atoms. The molecule has 0 aliphatic carbocycles. The number of rotatable bonds is 3. The van der Waals surface area contributed by atoms with E-state index < -0.39 is 5.41 Å². The average Bonchev–Trinajstić information content (AvgIpc) is 2.28. The first-order chi connectivity index (χ1) is 7.73. The topological polar surface area (TPSA) is 55.6 Å². The normalized spacial score (nSPS) is 25.8. The zero-order valence-corrected chi connectivity index (χ0v) is 11.9. The quantitative estimate of drug-likeness (QED) is 0.776. The van der Waals surface area contributed by atoms with Gasteiger partial charge in [-0.3, -0.25) is 4.79 Å². The van der Waals surface area contributed by atoms with Crippen LogP contribution in [0.25, 0.3) is 0 Å². The molecule has 1 fully saturated rings. The second-order valence-electron chi connectivity index (χ2n) is 5.47. The Morgan fingerprint density at radius 2 is 2.12 bits per heavy atom. The molecule has 1 aliphatic rings. The van der Waals surface area contributed by atoms with Gasteiger partial charge in [0, 0.05) is 20.2 Å². The van der Waals surface area contributed by atoms with Gasteiger partial charge in [0.2, 0.25) is 5.91 Å². The van der Waals surface area contributed by atoms with Crippen LogP contribution in [0.4, 0.5) is 0 Å². The fraction of sp³-hybridized carbons (Fsp3) is 0.833. The van der Waals surface area contributed by atoms with Crippen molar-refractivity contribution in [1.82, 2.24) is 4.90 Å². The highest BCUT2D eigenvalue weighted by Crippen LogP contribution is 2.28. The summed E-state index contributed by atoms with van der Waals surface area (Å²) in [5.41, 5.74) is 4.60. The summed E-state index contributed by atoms with van der Waals surface area (Å²) >= 11 is 4.96. The number of carbonyl (C=O) groups is 1. The highest BCUT2D eigenvalue weighted by Gasteiger charge is 2.40. The van der Waals surface area contributed by atoms with Crippen molar-refractivity contribution in [2.75, 3.05) is 20.2 Å². The van der Waals surface area contributed by atoms with Gasteiger partial charge in [0.1, 0.15) is 0 Å². The van der Waals surface area contributed by atoms with E-state index in [0.29, 0.717) is 6.54 Å². The number of likely N-dealkylation sites (tertiary alicyclic amines) is 1. The van der Waals surface area contributed by atoms with E-state index in [-0.39, 0.29) is 16.5 Å². The molecule has 1 amide bonds. The molecular weight excluding hydrogens is 236 g/mol. The van der Waals surface area contributed by atoms with Crippen LogP contribution in [0.1, 0.15) is 33.6 Å². The zero-order chi connectivity index (χ0) is 13.3. The summed E-state index contributed by atoms with van der Waals surface area (Å²) in [5, 5.41) is 0. The molecule has 1 unspecified atom stereocenters. The lowest BCUT2D eigenvalue weighted by Crippen LogP contribution is -2.55. The van der Waals surface area contributed by atoms with E-state index in [1.54, 1.807) is 21.0 Å².